The van der Waals surface area contributed by atoms with E-state index in [1.54, 1.807) is 6.07 Å². The van der Waals surface area contributed by atoms with Gasteiger partial charge in [0.05, 0.1) is 18.1 Å². The normalized spacial score (nSPS) is 10.2. The molecule has 3 nitrogen and oxygen atoms in total. The van der Waals surface area contributed by atoms with E-state index in [9.17, 15) is 13.6 Å². The summed E-state index contributed by atoms with van der Waals surface area (Å²) >= 11 is 3.04. The van der Waals surface area contributed by atoms with Crippen molar-refractivity contribution in [2.75, 3.05) is 0 Å². The second-order valence-electron chi connectivity index (χ2n) is 3.01. The molecule has 0 aliphatic rings. The Kier molecular flexibility index (Phi) is 3.96. The number of hydrogen-bond donors (Lipinski definition) is 1. The maximum atomic E-state index is 12.7. The van der Waals surface area contributed by atoms with Crippen LogP contribution in [0.1, 0.15) is 23.1 Å². The van der Waals surface area contributed by atoms with Crippen molar-refractivity contribution in [3.63, 3.8) is 0 Å². The lowest BCUT2D eigenvalue weighted by Crippen LogP contribution is -2.06. The van der Waals surface area contributed by atoms with E-state index in [4.69, 9.17) is 10.4 Å². The Morgan fingerprint density at radius 1 is 1.56 bits per heavy atom. The molecule has 0 saturated heterocycles. The van der Waals surface area contributed by atoms with Gasteiger partial charge in [-0.1, -0.05) is 15.9 Å². The topological polar surface area (TPSA) is 61.1 Å². The first-order valence-electron chi connectivity index (χ1n) is 4.18. The molecule has 1 N–H and O–H groups in total. The van der Waals surface area contributed by atoms with Gasteiger partial charge in [-0.3, -0.25) is 4.79 Å². The van der Waals surface area contributed by atoms with Crippen molar-refractivity contribution in [3.8, 4) is 6.07 Å². The number of rotatable bonds is 3. The Labute approximate surface area is 98.4 Å². The molecule has 0 unspecified atom stereocenters. The average molecular weight is 290 g/mol. The van der Waals surface area contributed by atoms with E-state index < -0.39 is 24.4 Å². The molecule has 0 bridgehead atoms. The van der Waals surface area contributed by atoms with Crippen molar-refractivity contribution in [2.24, 2.45) is 0 Å². The van der Waals surface area contributed by atoms with Gasteiger partial charge in [0.2, 0.25) is 0 Å². The highest BCUT2D eigenvalue weighted by atomic mass is 79.9. The van der Waals surface area contributed by atoms with Crippen molar-refractivity contribution in [1.29, 1.82) is 5.26 Å². The second kappa shape index (κ2) is 5.03. The third kappa shape index (κ3) is 2.76. The van der Waals surface area contributed by atoms with Crippen LogP contribution in [0.15, 0.2) is 16.6 Å². The molecule has 0 aliphatic carbocycles. The smallest absolute Gasteiger partial charge is 0.307 e. The summed E-state index contributed by atoms with van der Waals surface area (Å²) in [6.07, 6.45) is -3.40. The van der Waals surface area contributed by atoms with Gasteiger partial charge in [0.25, 0.3) is 6.43 Å². The molecule has 0 radical (unpaired) electrons. The maximum Gasteiger partial charge on any atom is 0.307 e. The Morgan fingerprint density at radius 2 is 2.19 bits per heavy atom. The van der Waals surface area contributed by atoms with Crippen LogP contribution in [0.2, 0.25) is 0 Å². The zero-order valence-electron chi connectivity index (χ0n) is 7.88. The van der Waals surface area contributed by atoms with E-state index in [0.717, 1.165) is 0 Å². The van der Waals surface area contributed by atoms with Crippen molar-refractivity contribution in [2.45, 2.75) is 12.8 Å². The fourth-order valence-electron chi connectivity index (χ4n) is 1.33. The number of nitrogens with zero attached hydrogens (tertiary/aromatic N) is 1. The summed E-state index contributed by atoms with van der Waals surface area (Å²) in [6.45, 7) is 0. The lowest BCUT2D eigenvalue weighted by Gasteiger charge is -2.09. The van der Waals surface area contributed by atoms with Crippen LogP contribution in [-0.4, -0.2) is 11.1 Å². The molecule has 0 atom stereocenters. The first kappa shape index (κ1) is 12.6. The zero-order chi connectivity index (χ0) is 12.3. The highest BCUT2D eigenvalue weighted by Gasteiger charge is 2.20. The van der Waals surface area contributed by atoms with Gasteiger partial charge in [-0.25, -0.2) is 8.78 Å². The van der Waals surface area contributed by atoms with Gasteiger partial charge >= 0.3 is 5.97 Å². The molecule has 1 aromatic rings. The van der Waals surface area contributed by atoms with Crippen LogP contribution in [-0.2, 0) is 11.2 Å². The first-order valence-corrected chi connectivity index (χ1v) is 4.97. The van der Waals surface area contributed by atoms with Gasteiger partial charge in [-0.05, 0) is 17.7 Å². The fraction of sp³-hybridized carbons (Fsp3) is 0.200. The van der Waals surface area contributed by atoms with Gasteiger partial charge < -0.3 is 5.11 Å². The number of aliphatic carboxylic acids is 1. The lowest BCUT2D eigenvalue weighted by atomic mass is 10.00. The molecule has 84 valence electrons. The van der Waals surface area contributed by atoms with Crippen LogP contribution in [0.4, 0.5) is 8.78 Å². The van der Waals surface area contributed by atoms with Gasteiger partial charge in [0.15, 0.2) is 0 Å². The predicted octanol–water partition coefficient (Wildman–Crippen LogP) is 2.89. The van der Waals surface area contributed by atoms with E-state index >= 15 is 0 Å². The molecule has 0 fully saturated rings. The highest BCUT2D eigenvalue weighted by molar-refractivity contribution is 9.10. The van der Waals surface area contributed by atoms with E-state index in [-0.39, 0.29) is 11.1 Å². The van der Waals surface area contributed by atoms with Crippen molar-refractivity contribution in [1.82, 2.24) is 0 Å². The number of carboxylic acid groups (broad SMARTS) is 1. The molecule has 0 spiro atoms. The molecule has 0 saturated carbocycles. The minimum absolute atomic E-state index is 0.0478. The molecular formula is C10H6BrF2NO2. The minimum atomic E-state index is -2.86. The summed E-state index contributed by atoms with van der Waals surface area (Å²) in [5.41, 5.74) is -0.762. The Bertz CT molecular complexity index is 469. The third-order valence-electron chi connectivity index (χ3n) is 1.91. The number of alkyl halides is 2. The summed E-state index contributed by atoms with van der Waals surface area (Å²) in [7, 11) is 0. The summed E-state index contributed by atoms with van der Waals surface area (Å²) in [4.78, 5) is 10.5. The lowest BCUT2D eigenvalue weighted by molar-refractivity contribution is -0.136. The first-order chi connectivity index (χ1) is 7.45. The molecule has 16 heavy (non-hydrogen) atoms. The van der Waals surface area contributed by atoms with Gasteiger partial charge in [-0.2, -0.15) is 5.26 Å². The second-order valence-corrected chi connectivity index (χ2v) is 3.92. The quantitative estimate of drug-likeness (QED) is 0.931. The van der Waals surface area contributed by atoms with E-state index in [2.05, 4.69) is 15.9 Å². The molecule has 0 aliphatic heterocycles. The van der Waals surface area contributed by atoms with Crippen LogP contribution in [0.3, 0.4) is 0 Å². The number of hydrogen-bond acceptors (Lipinski definition) is 2. The standard InChI is InChI=1S/C10H6BrF2NO2/c11-7-1-5(3-8(15)16)9(10(12)13)6(2-7)4-14/h1-2,10H,3H2,(H,15,16). The van der Waals surface area contributed by atoms with Crippen LogP contribution < -0.4 is 0 Å². The molecular weight excluding hydrogens is 284 g/mol. The number of halogens is 3. The third-order valence-corrected chi connectivity index (χ3v) is 2.37. The Balaban J connectivity index is 3.39. The van der Waals surface area contributed by atoms with Crippen molar-refractivity contribution >= 4 is 21.9 Å². The van der Waals surface area contributed by atoms with E-state index in [1.807, 2.05) is 0 Å². The van der Waals surface area contributed by atoms with E-state index in [1.165, 1.54) is 12.1 Å². The SMILES string of the molecule is N#Cc1cc(Br)cc(CC(=O)O)c1C(F)F. The fourth-order valence-corrected chi connectivity index (χ4v) is 1.84. The summed E-state index contributed by atoms with van der Waals surface area (Å²) in [5, 5.41) is 17.3. The number of benzene rings is 1. The maximum absolute atomic E-state index is 12.7. The highest BCUT2D eigenvalue weighted by Crippen LogP contribution is 2.30. The van der Waals surface area contributed by atoms with Crippen molar-refractivity contribution < 1.29 is 18.7 Å². The predicted molar refractivity (Wildman–Crippen MR) is 55.2 cm³/mol. The van der Waals surface area contributed by atoms with Crippen LogP contribution in [0.25, 0.3) is 0 Å². The monoisotopic (exact) mass is 289 g/mol. The molecule has 0 amide bonds. The van der Waals surface area contributed by atoms with Gasteiger partial charge in [0.1, 0.15) is 0 Å². The molecule has 0 aromatic heterocycles. The summed E-state index contributed by atoms with van der Waals surface area (Å²) in [5.74, 6) is -1.22. The number of carboxylic acids is 1. The molecule has 6 heteroatoms. The average Bonchev–Trinajstić information content (AvgIpc) is 2.14. The zero-order valence-corrected chi connectivity index (χ0v) is 9.46. The largest absolute Gasteiger partial charge is 0.481 e. The van der Waals surface area contributed by atoms with Crippen molar-refractivity contribution in [3.05, 3.63) is 33.3 Å². The van der Waals surface area contributed by atoms with Crippen LogP contribution >= 0.6 is 15.9 Å². The molecule has 0 heterocycles. The van der Waals surface area contributed by atoms with Gasteiger partial charge in [-0.15, -0.1) is 0 Å². The van der Waals surface area contributed by atoms with Crippen LogP contribution in [0, 0.1) is 11.3 Å². The number of carbonyl (C=O) groups is 1. The minimum Gasteiger partial charge on any atom is -0.481 e. The van der Waals surface area contributed by atoms with E-state index in [0.29, 0.717) is 4.47 Å². The molecule has 1 aromatic carbocycles. The Morgan fingerprint density at radius 3 is 2.62 bits per heavy atom. The van der Waals surface area contributed by atoms with Crippen LogP contribution in [0.5, 0.6) is 0 Å². The summed E-state index contributed by atoms with van der Waals surface area (Å²) < 4.78 is 25.8. The van der Waals surface area contributed by atoms with Gasteiger partial charge in [0, 0.05) is 10.0 Å². The molecule has 1 rings (SSSR count). The Hall–Kier alpha value is -1.48. The summed E-state index contributed by atoms with van der Waals surface area (Å²) in [6, 6.07) is 4.16. The number of nitriles is 1.